The summed E-state index contributed by atoms with van der Waals surface area (Å²) < 4.78 is 0. The average molecular weight is 310 g/mol. The van der Waals surface area contributed by atoms with Gasteiger partial charge in [0.25, 0.3) is 0 Å². The molecule has 3 N–H and O–H groups in total. The first-order chi connectivity index (χ1) is 11.0. The summed E-state index contributed by atoms with van der Waals surface area (Å²) in [5.74, 6) is 0. The lowest BCUT2D eigenvalue weighted by molar-refractivity contribution is 0.0295. The van der Waals surface area contributed by atoms with Gasteiger partial charge in [-0.05, 0) is 48.6 Å². The Morgan fingerprint density at radius 2 is 1.96 bits per heavy atom. The SMILES string of the molecule is Cc1cccc(NC(=O)NCC2(O)CCc3ccccc3C2)c1. The predicted molar refractivity (Wildman–Crippen MR) is 91.6 cm³/mol. The Hall–Kier alpha value is -2.33. The third-order valence-corrected chi connectivity index (χ3v) is 4.35. The van der Waals surface area contributed by atoms with Gasteiger partial charge in [0.05, 0.1) is 5.60 Å². The summed E-state index contributed by atoms with van der Waals surface area (Å²) in [4.78, 5) is 12.0. The summed E-state index contributed by atoms with van der Waals surface area (Å²) >= 11 is 0. The highest BCUT2D eigenvalue weighted by Gasteiger charge is 2.32. The van der Waals surface area contributed by atoms with Gasteiger partial charge in [-0.3, -0.25) is 0 Å². The molecule has 1 aliphatic carbocycles. The number of aliphatic hydroxyl groups is 1. The molecule has 0 saturated carbocycles. The lowest BCUT2D eigenvalue weighted by atomic mass is 9.80. The summed E-state index contributed by atoms with van der Waals surface area (Å²) in [6.07, 6.45) is 2.08. The van der Waals surface area contributed by atoms with Crippen molar-refractivity contribution in [3.63, 3.8) is 0 Å². The minimum atomic E-state index is -0.877. The number of hydrogen-bond donors (Lipinski definition) is 3. The number of carbonyl (C=O) groups is 1. The lowest BCUT2D eigenvalue weighted by Gasteiger charge is -2.33. The minimum Gasteiger partial charge on any atom is -0.388 e. The van der Waals surface area contributed by atoms with Crippen molar-refractivity contribution in [2.24, 2.45) is 0 Å². The number of aryl methyl sites for hydroxylation is 2. The number of amides is 2. The van der Waals surface area contributed by atoms with Crippen LogP contribution in [0.25, 0.3) is 0 Å². The molecular weight excluding hydrogens is 288 g/mol. The van der Waals surface area contributed by atoms with Crippen molar-refractivity contribution in [3.05, 3.63) is 65.2 Å². The van der Waals surface area contributed by atoms with Gasteiger partial charge in [0.1, 0.15) is 0 Å². The van der Waals surface area contributed by atoms with E-state index in [2.05, 4.69) is 16.7 Å². The van der Waals surface area contributed by atoms with Gasteiger partial charge in [-0.1, -0.05) is 36.4 Å². The third kappa shape index (κ3) is 3.90. The fourth-order valence-electron chi connectivity index (χ4n) is 3.08. The van der Waals surface area contributed by atoms with Gasteiger partial charge in [0, 0.05) is 18.7 Å². The van der Waals surface area contributed by atoms with Gasteiger partial charge in [-0.2, -0.15) is 0 Å². The van der Waals surface area contributed by atoms with Crippen LogP contribution in [0.3, 0.4) is 0 Å². The monoisotopic (exact) mass is 310 g/mol. The molecule has 3 rings (SSSR count). The maximum Gasteiger partial charge on any atom is 0.319 e. The zero-order chi connectivity index (χ0) is 16.3. The molecule has 0 fully saturated rings. The topological polar surface area (TPSA) is 61.4 Å². The number of hydrogen-bond acceptors (Lipinski definition) is 2. The van der Waals surface area contributed by atoms with Crippen LogP contribution in [0.1, 0.15) is 23.1 Å². The maximum absolute atomic E-state index is 12.0. The highest BCUT2D eigenvalue weighted by molar-refractivity contribution is 5.89. The fraction of sp³-hybridized carbons (Fsp3) is 0.316. The summed E-state index contributed by atoms with van der Waals surface area (Å²) in [6.45, 7) is 2.23. The van der Waals surface area contributed by atoms with Crippen molar-refractivity contribution in [2.45, 2.75) is 31.8 Å². The normalized spacial score (nSPS) is 19.7. The highest BCUT2D eigenvalue weighted by atomic mass is 16.3. The van der Waals surface area contributed by atoms with E-state index in [1.54, 1.807) is 0 Å². The number of carbonyl (C=O) groups excluding carboxylic acids is 1. The number of anilines is 1. The zero-order valence-electron chi connectivity index (χ0n) is 13.3. The predicted octanol–water partition coefficient (Wildman–Crippen LogP) is 3.04. The first kappa shape index (κ1) is 15.6. The van der Waals surface area contributed by atoms with E-state index in [4.69, 9.17) is 0 Å². The van der Waals surface area contributed by atoms with Crippen LogP contribution >= 0.6 is 0 Å². The van der Waals surface area contributed by atoms with E-state index in [9.17, 15) is 9.90 Å². The standard InChI is InChI=1S/C19H22N2O2/c1-14-5-4-8-17(11-14)21-18(22)20-13-19(23)10-9-15-6-2-3-7-16(15)12-19/h2-8,11,23H,9-10,12-13H2,1H3,(H2,20,21,22). The van der Waals surface area contributed by atoms with Crippen molar-refractivity contribution in [3.8, 4) is 0 Å². The fourth-order valence-corrected chi connectivity index (χ4v) is 3.08. The largest absolute Gasteiger partial charge is 0.388 e. The van der Waals surface area contributed by atoms with E-state index >= 15 is 0 Å². The van der Waals surface area contributed by atoms with Gasteiger partial charge in [-0.25, -0.2) is 4.79 Å². The van der Waals surface area contributed by atoms with E-state index in [-0.39, 0.29) is 12.6 Å². The number of fused-ring (bicyclic) bond motifs is 1. The van der Waals surface area contributed by atoms with E-state index in [0.717, 1.165) is 17.7 Å². The number of rotatable bonds is 3. The van der Waals surface area contributed by atoms with Crippen LogP contribution in [0.4, 0.5) is 10.5 Å². The van der Waals surface area contributed by atoms with Crippen LogP contribution in [0.15, 0.2) is 48.5 Å². The second-order valence-corrected chi connectivity index (χ2v) is 6.35. The van der Waals surface area contributed by atoms with Crippen molar-refractivity contribution < 1.29 is 9.90 Å². The van der Waals surface area contributed by atoms with Crippen LogP contribution < -0.4 is 10.6 Å². The Morgan fingerprint density at radius 3 is 2.74 bits per heavy atom. The quantitative estimate of drug-likeness (QED) is 0.816. The number of urea groups is 1. The molecule has 0 spiro atoms. The molecule has 1 atom stereocenters. The summed E-state index contributed by atoms with van der Waals surface area (Å²) in [5, 5.41) is 16.3. The number of nitrogens with one attached hydrogen (secondary N) is 2. The van der Waals surface area contributed by atoms with Gasteiger partial charge in [0.15, 0.2) is 0 Å². The van der Waals surface area contributed by atoms with Crippen LogP contribution in [0, 0.1) is 6.92 Å². The second-order valence-electron chi connectivity index (χ2n) is 6.35. The molecule has 23 heavy (non-hydrogen) atoms. The van der Waals surface area contributed by atoms with Crippen LogP contribution in [-0.2, 0) is 12.8 Å². The summed E-state index contributed by atoms with van der Waals surface area (Å²) in [5.41, 5.74) is 3.43. The van der Waals surface area contributed by atoms with E-state index < -0.39 is 5.60 Å². The molecular formula is C19H22N2O2. The molecule has 120 valence electrons. The Kier molecular flexibility index (Phi) is 4.35. The Balaban J connectivity index is 1.57. The average Bonchev–Trinajstić information content (AvgIpc) is 2.53. The molecule has 0 bridgehead atoms. The van der Waals surface area contributed by atoms with Crippen molar-refractivity contribution in [1.29, 1.82) is 0 Å². The molecule has 1 aliphatic rings. The van der Waals surface area contributed by atoms with E-state index in [1.807, 2.05) is 49.4 Å². The molecule has 0 saturated heterocycles. The van der Waals surface area contributed by atoms with Gasteiger partial charge in [-0.15, -0.1) is 0 Å². The lowest BCUT2D eigenvalue weighted by Crippen LogP contribution is -2.47. The maximum atomic E-state index is 12.0. The molecule has 1 unspecified atom stereocenters. The van der Waals surface area contributed by atoms with Crippen LogP contribution in [0.2, 0.25) is 0 Å². The van der Waals surface area contributed by atoms with E-state index in [0.29, 0.717) is 12.8 Å². The van der Waals surface area contributed by atoms with E-state index in [1.165, 1.54) is 11.1 Å². The highest BCUT2D eigenvalue weighted by Crippen LogP contribution is 2.28. The van der Waals surface area contributed by atoms with Crippen LogP contribution in [-0.4, -0.2) is 23.3 Å². The van der Waals surface area contributed by atoms with Gasteiger partial charge in [0.2, 0.25) is 0 Å². The molecule has 4 heteroatoms. The summed E-state index contributed by atoms with van der Waals surface area (Å²) in [6, 6.07) is 15.5. The molecule has 2 amide bonds. The second kappa shape index (κ2) is 6.42. The number of benzene rings is 2. The van der Waals surface area contributed by atoms with Crippen LogP contribution in [0.5, 0.6) is 0 Å². The molecule has 0 aromatic heterocycles. The first-order valence-electron chi connectivity index (χ1n) is 7.95. The zero-order valence-corrected chi connectivity index (χ0v) is 13.3. The third-order valence-electron chi connectivity index (χ3n) is 4.35. The Bertz CT molecular complexity index is 714. The minimum absolute atomic E-state index is 0.249. The van der Waals surface area contributed by atoms with Crippen molar-refractivity contribution in [1.82, 2.24) is 5.32 Å². The summed E-state index contributed by atoms with van der Waals surface area (Å²) in [7, 11) is 0. The van der Waals surface area contributed by atoms with Gasteiger partial charge < -0.3 is 15.7 Å². The van der Waals surface area contributed by atoms with Crippen molar-refractivity contribution in [2.75, 3.05) is 11.9 Å². The molecule has 2 aromatic rings. The van der Waals surface area contributed by atoms with Crippen molar-refractivity contribution >= 4 is 11.7 Å². The molecule has 4 nitrogen and oxygen atoms in total. The molecule has 2 aromatic carbocycles. The molecule has 0 heterocycles. The Labute approximate surface area is 136 Å². The molecule has 0 radical (unpaired) electrons. The Morgan fingerprint density at radius 1 is 1.17 bits per heavy atom. The first-order valence-corrected chi connectivity index (χ1v) is 7.95. The molecule has 0 aliphatic heterocycles. The smallest absolute Gasteiger partial charge is 0.319 e. The van der Waals surface area contributed by atoms with Gasteiger partial charge >= 0.3 is 6.03 Å².